The van der Waals surface area contributed by atoms with E-state index in [4.69, 9.17) is 0 Å². The largest absolute Gasteiger partial charge is 0.356 e. The summed E-state index contributed by atoms with van der Waals surface area (Å²) < 4.78 is 1.77. The van der Waals surface area contributed by atoms with E-state index in [1.165, 1.54) is 19.3 Å². The second-order valence-electron chi connectivity index (χ2n) is 5.95. The lowest BCUT2D eigenvalue weighted by molar-refractivity contribution is -0.124. The zero-order chi connectivity index (χ0) is 14.3. The molecule has 0 aliphatic heterocycles. The van der Waals surface area contributed by atoms with Crippen molar-refractivity contribution in [2.75, 3.05) is 6.54 Å². The molecule has 0 saturated heterocycles. The van der Waals surface area contributed by atoms with E-state index in [1.807, 2.05) is 0 Å². The quantitative estimate of drug-likeness (QED) is 0.774. The van der Waals surface area contributed by atoms with Gasteiger partial charge in [0.15, 0.2) is 0 Å². The summed E-state index contributed by atoms with van der Waals surface area (Å²) in [4.78, 5) is 12.1. The zero-order valence-electron chi connectivity index (χ0n) is 12.3. The van der Waals surface area contributed by atoms with E-state index in [0.717, 1.165) is 38.8 Å². The van der Waals surface area contributed by atoms with Crippen molar-refractivity contribution in [2.24, 2.45) is 5.41 Å². The Bertz CT molecular complexity index is 398. The Labute approximate surface area is 120 Å². The molecule has 1 aliphatic carbocycles. The van der Waals surface area contributed by atoms with E-state index in [2.05, 4.69) is 27.8 Å². The van der Waals surface area contributed by atoms with Crippen molar-refractivity contribution in [3.63, 3.8) is 0 Å². The fourth-order valence-electron chi connectivity index (χ4n) is 3.10. The number of aromatic nitrogens is 4. The first kappa shape index (κ1) is 14.9. The Hall–Kier alpha value is -1.46. The summed E-state index contributed by atoms with van der Waals surface area (Å²) in [5.41, 5.74) is 0.0317. The first-order valence-electron chi connectivity index (χ1n) is 7.72. The molecule has 2 rings (SSSR count). The number of unbranched alkanes of at least 4 members (excludes halogenated alkanes) is 1. The van der Waals surface area contributed by atoms with Gasteiger partial charge in [0.25, 0.3) is 0 Å². The fourth-order valence-corrected chi connectivity index (χ4v) is 3.10. The summed E-state index contributed by atoms with van der Waals surface area (Å²) in [6, 6.07) is 0. The van der Waals surface area contributed by atoms with Crippen LogP contribution in [0.2, 0.25) is 0 Å². The van der Waals surface area contributed by atoms with Crippen LogP contribution in [0.5, 0.6) is 0 Å². The van der Waals surface area contributed by atoms with Crippen LogP contribution in [0.25, 0.3) is 0 Å². The molecule has 1 aromatic heterocycles. The summed E-state index contributed by atoms with van der Waals surface area (Å²) >= 11 is 0. The number of hydrogen-bond acceptors (Lipinski definition) is 4. The molecular formula is C14H25N5O. The molecule has 0 bridgehead atoms. The van der Waals surface area contributed by atoms with Crippen LogP contribution in [0.1, 0.15) is 58.3 Å². The highest BCUT2D eigenvalue weighted by Gasteiger charge is 2.35. The van der Waals surface area contributed by atoms with Crippen LogP contribution in [0.15, 0.2) is 6.33 Å². The van der Waals surface area contributed by atoms with Gasteiger partial charge in [0.1, 0.15) is 6.33 Å². The predicted octanol–water partition coefficient (Wildman–Crippen LogP) is 1.93. The number of tetrazole rings is 1. The Morgan fingerprint density at radius 3 is 2.80 bits per heavy atom. The van der Waals surface area contributed by atoms with Crippen LogP contribution in [-0.2, 0) is 11.3 Å². The van der Waals surface area contributed by atoms with Crippen LogP contribution < -0.4 is 5.32 Å². The van der Waals surface area contributed by atoms with E-state index in [1.54, 1.807) is 11.0 Å². The van der Waals surface area contributed by atoms with Crippen LogP contribution in [0.3, 0.4) is 0 Å². The highest BCUT2D eigenvalue weighted by Crippen LogP contribution is 2.40. The lowest BCUT2D eigenvalue weighted by Crippen LogP contribution is -2.37. The molecule has 1 heterocycles. The molecule has 1 amide bonds. The predicted molar refractivity (Wildman–Crippen MR) is 75.9 cm³/mol. The number of hydrogen-bond donors (Lipinski definition) is 1. The lowest BCUT2D eigenvalue weighted by atomic mass is 9.71. The van der Waals surface area contributed by atoms with E-state index in [-0.39, 0.29) is 11.3 Å². The van der Waals surface area contributed by atoms with Crippen LogP contribution in [0, 0.1) is 5.41 Å². The number of carbonyl (C=O) groups excluding carboxylic acids is 1. The third-order valence-corrected chi connectivity index (χ3v) is 4.19. The first-order valence-corrected chi connectivity index (χ1v) is 7.72. The Morgan fingerprint density at radius 2 is 2.15 bits per heavy atom. The lowest BCUT2D eigenvalue weighted by Gasteiger charge is -2.36. The van der Waals surface area contributed by atoms with Gasteiger partial charge in [0.05, 0.1) is 6.54 Å². The number of nitrogens with zero attached hydrogens (tertiary/aromatic N) is 4. The molecule has 1 fully saturated rings. The molecular weight excluding hydrogens is 254 g/mol. The maximum Gasteiger partial charge on any atom is 0.220 e. The SMILES string of the molecule is CCCCNC(=O)CC1(Cn2cnnn2)CCCCC1. The summed E-state index contributed by atoms with van der Waals surface area (Å²) in [6.07, 6.45) is 10.2. The molecule has 1 saturated carbocycles. The monoisotopic (exact) mass is 279 g/mol. The van der Waals surface area contributed by atoms with Crippen molar-refractivity contribution in [1.29, 1.82) is 0 Å². The fraction of sp³-hybridized carbons (Fsp3) is 0.857. The van der Waals surface area contributed by atoms with Gasteiger partial charge in [-0.05, 0) is 35.1 Å². The highest BCUT2D eigenvalue weighted by atomic mass is 16.1. The summed E-state index contributed by atoms with van der Waals surface area (Å²) in [5, 5.41) is 14.4. The second-order valence-corrected chi connectivity index (χ2v) is 5.95. The van der Waals surface area contributed by atoms with Crippen molar-refractivity contribution < 1.29 is 4.79 Å². The molecule has 0 aromatic carbocycles. The minimum Gasteiger partial charge on any atom is -0.356 e. The molecule has 1 aromatic rings. The van der Waals surface area contributed by atoms with Gasteiger partial charge < -0.3 is 5.32 Å². The van der Waals surface area contributed by atoms with E-state index in [0.29, 0.717) is 6.42 Å². The second kappa shape index (κ2) is 7.36. The Morgan fingerprint density at radius 1 is 1.35 bits per heavy atom. The van der Waals surface area contributed by atoms with Crippen LogP contribution in [-0.4, -0.2) is 32.7 Å². The van der Waals surface area contributed by atoms with Crippen LogP contribution >= 0.6 is 0 Å². The standard InChI is InChI=1S/C14H25N5O/c1-2-3-9-15-13(20)10-14(7-5-4-6-8-14)11-19-12-16-17-18-19/h12H,2-11H2,1H3,(H,15,20). The third-order valence-electron chi connectivity index (χ3n) is 4.19. The molecule has 0 atom stereocenters. The first-order chi connectivity index (χ1) is 9.74. The van der Waals surface area contributed by atoms with Gasteiger partial charge in [-0.25, -0.2) is 4.68 Å². The summed E-state index contributed by atoms with van der Waals surface area (Å²) in [7, 11) is 0. The minimum atomic E-state index is 0.0317. The van der Waals surface area contributed by atoms with E-state index < -0.39 is 0 Å². The normalized spacial score (nSPS) is 17.9. The van der Waals surface area contributed by atoms with Gasteiger partial charge in [-0.1, -0.05) is 32.6 Å². The third kappa shape index (κ3) is 4.28. The van der Waals surface area contributed by atoms with Crippen molar-refractivity contribution in [2.45, 2.75) is 64.8 Å². The van der Waals surface area contributed by atoms with E-state index >= 15 is 0 Å². The molecule has 1 N–H and O–H groups in total. The van der Waals surface area contributed by atoms with Gasteiger partial charge in [0, 0.05) is 13.0 Å². The van der Waals surface area contributed by atoms with Crippen molar-refractivity contribution in [3.05, 3.63) is 6.33 Å². The molecule has 6 nitrogen and oxygen atoms in total. The molecule has 20 heavy (non-hydrogen) atoms. The molecule has 6 heteroatoms. The number of rotatable bonds is 7. The van der Waals surface area contributed by atoms with Gasteiger partial charge >= 0.3 is 0 Å². The number of carbonyl (C=O) groups is 1. The minimum absolute atomic E-state index is 0.0317. The molecule has 1 aliphatic rings. The topological polar surface area (TPSA) is 72.7 Å². The van der Waals surface area contributed by atoms with Gasteiger partial charge in [0.2, 0.25) is 5.91 Å². The van der Waals surface area contributed by atoms with E-state index in [9.17, 15) is 4.79 Å². The molecule has 0 unspecified atom stereocenters. The molecule has 112 valence electrons. The molecule has 0 spiro atoms. The highest BCUT2D eigenvalue weighted by molar-refractivity contribution is 5.76. The number of nitrogens with one attached hydrogen (secondary N) is 1. The average Bonchev–Trinajstić information content (AvgIpc) is 2.92. The molecule has 0 radical (unpaired) electrons. The van der Waals surface area contributed by atoms with Crippen molar-refractivity contribution in [3.8, 4) is 0 Å². The van der Waals surface area contributed by atoms with Crippen molar-refractivity contribution >= 4 is 5.91 Å². The number of amides is 1. The van der Waals surface area contributed by atoms with Crippen molar-refractivity contribution in [1.82, 2.24) is 25.5 Å². The van der Waals surface area contributed by atoms with Gasteiger partial charge in [-0.2, -0.15) is 0 Å². The van der Waals surface area contributed by atoms with Gasteiger partial charge in [-0.3, -0.25) is 4.79 Å². The maximum absolute atomic E-state index is 12.1. The maximum atomic E-state index is 12.1. The summed E-state index contributed by atoms with van der Waals surface area (Å²) in [5.74, 6) is 0.174. The Balaban J connectivity index is 1.94. The smallest absolute Gasteiger partial charge is 0.220 e. The summed E-state index contributed by atoms with van der Waals surface area (Å²) in [6.45, 7) is 3.67. The average molecular weight is 279 g/mol. The van der Waals surface area contributed by atoms with Gasteiger partial charge in [-0.15, -0.1) is 5.10 Å². The Kier molecular flexibility index (Phi) is 5.49. The van der Waals surface area contributed by atoms with Crippen LogP contribution in [0.4, 0.5) is 0 Å². The zero-order valence-corrected chi connectivity index (χ0v) is 12.3.